The van der Waals surface area contributed by atoms with Gasteiger partial charge in [-0.1, -0.05) is 13.8 Å². The Kier molecular flexibility index (Phi) is 3.49. The molecule has 90 valence electrons. The molecule has 0 radical (unpaired) electrons. The number of hydrogen-bond donors (Lipinski definition) is 2. The van der Waals surface area contributed by atoms with Gasteiger partial charge < -0.3 is 15.2 Å². The van der Waals surface area contributed by atoms with Crippen molar-refractivity contribution >= 4 is 0 Å². The summed E-state index contributed by atoms with van der Waals surface area (Å²) in [4.78, 5) is 0. The molecule has 3 heteroatoms. The molecule has 0 spiro atoms. The molecule has 1 fully saturated rings. The van der Waals surface area contributed by atoms with Gasteiger partial charge in [0.15, 0.2) is 5.79 Å². The second kappa shape index (κ2) is 4.04. The molecule has 0 aromatic carbocycles. The lowest BCUT2D eigenvalue weighted by Crippen LogP contribution is -2.65. The van der Waals surface area contributed by atoms with Crippen LogP contribution in [-0.4, -0.2) is 29.1 Å². The van der Waals surface area contributed by atoms with E-state index >= 15 is 0 Å². The maximum atomic E-state index is 10.4. The van der Waals surface area contributed by atoms with Crippen molar-refractivity contribution in [1.82, 2.24) is 5.32 Å². The topological polar surface area (TPSA) is 41.5 Å². The van der Waals surface area contributed by atoms with Gasteiger partial charge in [0.1, 0.15) is 0 Å². The molecule has 0 aromatic heterocycles. The summed E-state index contributed by atoms with van der Waals surface area (Å²) < 4.78 is 5.29. The molecule has 1 aliphatic heterocycles. The molecule has 15 heavy (non-hydrogen) atoms. The summed E-state index contributed by atoms with van der Waals surface area (Å²) in [5.41, 5.74) is -0.0679. The van der Waals surface area contributed by atoms with Crippen LogP contribution in [0.4, 0.5) is 0 Å². The molecule has 3 nitrogen and oxygen atoms in total. The minimum atomic E-state index is -0.971. The molecule has 2 N–H and O–H groups in total. The number of aliphatic hydroxyl groups is 1. The van der Waals surface area contributed by atoms with Crippen molar-refractivity contribution in [2.24, 2.45) is 0 Å². The van der Waals surface area contributed by atoms with E-state index in [1.54, 1.807) is 7.11 Å². The van der Waals surface area contributed by atoms with Crippen LogP contribution in [0.1, 0.15) is 53.4 Å². The minimum Gasteiger partial charge on any atom is -0.365 e. The summed E-state index contributed by atoms with van der Waals surface area (Å²) in [5.74, 6) is -0.971. The third-order valence-electron chi connectivity index (χ3n) is 3.67. The first-order valence-electron chi connectivity index (χ1n) is 5.87. The molecule has 0 saturated carbocycles. The fourth-order valence-corrected chi connectivity index (χ4v) is 2.91. The fraction of sp³-hybridized carbons (Fsp3) is 1.00. The minimum absolute atomic E-state index is 0.00646. The van der Waals surface area contributed by atoms with Gasteiger partial charge in [0.2, 0.25) is 0 Å². The standard InChI is InChI=1S/C12H25NO2/c1-6-11(7-2)9-12(14,15-5)8-10(3,4)13-11/h13-14H,6-9H2,1-5H3. The summed E-state index contributed by atoms with van der Waals surface area (Å²) in [6, 6.07) is 0. The number of hydrogen-bond acceptors (Lipinski definition) is 3. The molecule has 0 amide bonds. The van der Waals surface area contributed by atoms with Crippen LogP contribution in [0.2, 0.25) is 0 Å². The first-order chi connectivity index (χ1) is 6.80. The van der Waals surface area contributed by atoms with Crippen molar-refractivity contribution in [2.45, 2.75) is 70.2 Å². The van der Waals surface area contributed by atoms with Gasteiger partial charge in [-0.25, -0.2) is 0 Å². The number of ether oxygens (including phenoxy) is 1. The van der Waals surface area contributed by atoms with E-state index in [4.69, 9.17) is 4.74 Å². The molecular weight excluding hydrogens is 190 g/mol. The Morgan fingerprint density at radius 1 is 1.20 bits per heavy atom. The van der Waals surface area contributed by atoms with Gasteiger partial charge in [-0.2, -0.15) is 0 Å². The number of methoxy groups -OCH3 is 1. The Morgan fingerprint density at radius 2 is 1.73 bits per heavy atom. The smallest absolute Gasteiger partial charge is 0.168 e. The summed E-state index contributed by atoms with van der Waals surface area (Å²) in [7, 11) is 1.59. The Labute approximate surface area is 93.2 Å². The third-order valence-corrected chi connectivity index (χ3v) is 3.67. The highest BCUT2D eigenvalue weighted by atomic mass is 16.6. The molecule has 1 atom stereocenters. The zero-order valence-electron chi connectivity index (χ0n) is 10.7. The Balaban J connectivity index is 2.94. The van der Waals surface area contributed by atoms with Crippen LogP contribution in [0.25, 0.3) is 0 Å². The fourth-order valence-electron chi connectivity index (χ4n) is 2.91. The number of piperidine rings is 1. The highest BCUT2D eigenvalue weighted by molar-refractivity contribution is 5.03. The molecule has 0 aliphatic carbocycles. The zero-order valence-corrected chi connectivity index (χ0v) is 10.7. The van der Waals surface area contributed by atoms with Gasteiger partial charge in [-0.15, -0.1) is 0 Å². The van der Waals surface area contributed by atoms with E-state index in [0.717, 1.165) is 12.8 Å². The van der Waals surface area contributed by atoms with Crippen molar-refractivity contribution < 1.29 is 9.84 Å². The van der Waals surface area contributed by atoms with E-state index in [9.17, 15) is 5.11 Å². The second-order valence-electron chi connectivity index (χ2n) is 5.50. The highest BCUT2D eigenvalue weighted by Crippen LogP contribution is 2.39. The van der Waals surface area contributed by atoms with Crippen LogP contribution in [0.15, 0.2) is 0 Å². The highest BCUT2D eigenvalue weighted by Gasteiger charge is 2.48. The van der Waals surface area contributed by atoms with Gasteiger partial charge in [0.05, 0.1) is 0 Å². The van der Waals surface area contributed by atoms with E-state index in [2.05, 4.69) is 33.0 Å². The van der Waals surface area contributed by atoms with E-state index in [-0.39, 0.29) is 11.1 Å². The first-order valence-corrected chi connectivity index (χ1v) is 5.87. The second-order valence-corrected chi connectivity index (χ2v) is 5.50. The van der Waals surface area contributed by atoms with Crippen molar-refractivity contribution in [2.75, 3.05) is 7.11 Å². The van der Waals surface area contributed by atoms with Gasteiger partial charge in [-0.3, -0.25) is 0 Å². The van der Waals surface area contributed by atoms with Crippen molar-refractivity contribution in [3.8, 4) is 0 Å². The molecule has 1 aliphatic rings. The normalized spacial score (nSPS) is 34.0. The quantitative estimate of drug-likeness (QED) is 0.708. The van der Waals surface area contributed by atoms with E-state index in [1.807, 2.05) is 0 Å². The average Bonchev–Trinajstić information content (AvgIpc) is 2.15. The lowest BCUT2D eigenvalue weighted by atomic mass is 9.74. The summed E-state index contributed by atoms with van der Waals surface area (Å²) in [6.07, 6.45) is 3.34. The Bertz CT molecular complexity index is 224. The SMILES string of the molecule is CCC1(CC)CC(O)(OC)CC(C)(C)N1. The predicted molar refractivity (Wildman–Crippen MR) is 61.7 cm³/mol. The lowest BCUT2D eigenvalue weighted by Gasteiger charge is -2.52. The first kappa shape index (κ1) is 12.9. The van der Waals surface area contributed by atoms with Crippen LogP contribution in [-0.2, 0) is 4.74 Å². The van der Waals surface area contributed by atoms with E-state index < -0.39 is 5.79 Å². The molecule has 1 unspecified atom stereocenters. The third kappa shape index (κ3) is 2.71. The number of rotatable bonds is 3. The maximum absolute atomic E-state index is 10.4. The van der Waals surface area contributed by atoms with E-state index in [1.165, 1.54) is 0 Å². The van der Waals surface area contributed by atoms with Gasteiger partial charge in [-0.05, 0) is 26.7 Å². The van der Waals surface area contributed by atoms with Gasteiger partial charge >= 0.3 is 0 Å². The molecule has 1 saturated heterocycles. The summed E-state index contributed by atoms with van der Waals surface area (Å²) in [5, 5.41) is 14.0. The van der Waals surface area contributed by atoms with Crippen LogP contribution >= 0.6 is 0 Å². The Hall–Kier alpha value is -0.120. The van der Waals surface area contributed by atoms with Crippen LogP contribution in [0.5, 0.6) is 0 Å². The van der Waals surface area contributed by atoms with Crippen molar-refractivity contribution in [1.29, 1.82) is 0 Å². The zero-order chi connectivity index (χ0) is 11.7. The molecule has 1 heterocycles. The van der Waals surface area contributed by atoms with E-state index in [0.29, 0.717) is 12.8 Å². The summed E-state index contributed by atoms with van der Waals surface area (Å²) in [6.45, 7) is 8.56. The summed E-state index contributed by atoms with van der Waals surface area (Å²) >= 11 is 0. The number of nitrogens with one attached hydrogen (secondary N) is 1. The average molecular weight is 215 g/mol. The predicted octanol–water partition coefficient (Wildman–Crippen LogP) is 2.04. The Morgan fingerprint density at radius 3 is 2.13 bits per heavy atom. The van der Waals surface area contributed by atoms with Gasteiger partial charge in [0.25, 0.3) is 0 Å². The van der Waals surface area contributed by atoms with Crippen LogP contribution in [0.3, 0.4) is 0 Å². The molecule has 0 bridgehead atoms. The molecule has 0 aromatic rings. The van der Waals surface area contributed by atoms with Crippen molar-refractivity contribution in [3.63, 3.8) is 0 Å². The van der Waals surface area contributed by atoms with Gasteiger partial charge in [0, 0.05) is 31.0 Å². The maximum Gasteiger partial charge on any atom is 0.168 e. The van der Waals surface area contributed by atoms with Crippen molar-refractivity contribution in [3.05, 3.63) is 0 Å². The van der Waals surface area contributed by atoms with Crippen LogP contribution < -0.4 is 5.32 Å². The van der Waals surface area contributed by atoms with Crippen LogP contribution in [0, 0.1) is 0 Å². The monoisotopic (exact) mass is 215 g/mol. The lowest BCUT2D eigenvalue weighted by molar-refractivity contribution is -0.232. The molecular formula is C12H25NO2. The molecule has 1 rings (SSSR count). The largest absolute Gasteiger partial charge is 0.365 e.